The maximum absolute atomic E-state index is 6.33. The highest BCUT2D eigenvalue weighted by Gasteiger charge is 2.46. The molecule has 0 spiro atoms. The quantitative estimate of drug-likeness (QED) is 0.838. The minimum absolute atomic E-state index is 0.286. The molecule has 2 atom stereocenters. The van der Waals surface area contributed by atoms with Crippen LogP contribution in [0.25, 0.3) is 0 Å². The van der Waals surface area contributed by atoms with Crippen molar-refractivity contribution < 1.29 is 0 Å². The molecule has 19 heavy (non-hydrogen) atoms. The largest absolute Gasteiger partial charge is 0.329 e. The molecule has 2 unspecified atom stereocenters. The number of hydrogen-bond acceptors (Lipinski definition) is 2. The lowest BCUT2D eigenvalue weighted by atomic mass is 9.66. The molecule has 0 aromatic carbocycles. The minimum atomic E-state index is 0.286. The normalized spacial score (nSPS) is 34.1. The van der Waals surface area contributed by atoms with Crippen molar-refractivity contribution in [2.24, 2.45) is 17.6 Å². The van der Waals surface area contributed by atoms with Gasteiger partial charge < -0.3 is 5.73 Å². The van der Waals surface area contributed by atoms with E-state index in [1.54, 1.807) is 0 Å². The van der Waals surface area contributed by atoms with Crippen LogP contribution in [0.1, 0.15) is 71.6 Å². The molecule has 2 aliphatic rings. The van der Waals surface area contributed by atoms with Crippen LogP contribution in [0.2, 0.25) is 0 Å². The van der Waals surface area contributed by atoms with Gasteiger partial charge in [-0.2, -0.15) is 0 Å². The molecule has 0 aromatic rings. The molecule has 0 aliphatic heterocycles. The van der Waals surface area contributed by atoms with Crippen molar-refractivity contribution in [3.8, 4) is 0 Å². The summed E-state index contributed by atoms with van der Waals surface area (Å²) < 4.78 is 0. The number of rotatable bonds is 4. The fourth-order valence-electron chi connectivity index (χ4n) is 4.87. The molecule has 0 heterocycles. The molecule has 0 amide bonds. The first-order valence-corrected chi connectivity index (χ1v) is 8.55. The van der Waals surface area contributed by atoms with E-state index in [4.69, 9.17) is 5.73 Å². The molecular formula is C17H34N2. The van der Waals surface area contributed by atoms with Gasteiger partial charge in [0, 0.05) is 18.1 Å². The molecule has 2 nitrogen and oxygen atoms in total. The van der Waals surface area contributed by atoms with Crippen molar-refractivity contribution in [1.29, 1.82) is 0 Å². The van der Waals surface area contributed by atoms with Gasteiger partial charge >= 0.3 is 0 Å². The second kappa shape index (κ2) is 6.58. The Hall–Kier alpha value is -0.0800. The van der Waals surface area contributed by atoms with Gasteiger partial charge in [0.25, 0.3) is 0 Å². The van der Waals surface area contributed by atoms with Gasteiger partial charge in [0.05, 0.1) is 0 Å². The van der Waals surface area contributed by atoms with Crippen LogP contribution in [0.4, 0.5) is 0 Å². The van der Waals surface area contributed by atoms with Crippen LogP contribution in [-0.2, 0) is 0 Å². The van der Waals surface area contributed by atoms with Gasteiger partial charge in [0.1, 0.15) is 0 Å². The first-order valence-electron chi connectivity index (χ1n) is 8.55. The number of hydrogen-bond donors (Lipinski definition) is 1. The van der Waals surface area contributed by atoms with Crippen LogP contribution in [0.15, 0.2) is 0 Å². The second-order valence-corrected chi connectivity index (χ2v) is 7.31. The Balaban J connectivity index is 2.17. The third kappa shape index (κ3) is 3.00. The molecular weight excluding hydrogens is 232 g/mol. The van der Waals surface area contributed by atoms with Gasteiger partial charge in [-0.25, -0.2) is 0 Å². The van der Waals surface area contributed by atoms with Crippen LogP contribution < -0.4 is 5.73 Å². The SMILES string of the molecule is CC(C)C1CCCCC1(CN)N(C)C1CCCCC1. The monoisotopic (exact) mass is 266 g/mol. The summed E-state index contributed by atoms with van der Waals surface area (Å²) in [5.41, 5.74) is 6.62. The van der Waals surface area contributed by atoms with E-state index in [2.05, 4.69) is 25.8 Å². The van der Waals surface area contributed by atoms with E-state index in [0.29, 0.717) is 0 Å². The number of likely N-dealkylation sites (N-methyl/N-ethyl adjacent to an activating group) is 1. The van der Waals surface area contributed by atoms with Gasteiger partial charge in [-0.05, 0) is 44.6 Å². The molecule has 2 aliphatic carbocycles. The third-order valence-electron chi connectivity index (χ3n) is 6.05. The van der Waals surface area contributed by atoms with E-state index in [-0.39, 0.29) is 5.54 Å². The summed E-state index contributed by atoms with van der Waals surface area (Å²) in [5.74, 6) is 1.55. The Labute approximate surface area is 120 Å². The van der Waals surface area contributed by atoms with Crippen LogP contribution >= 0.6 is 0 Å². The Kier molecular flexibility index (Phi) is 5.30. The summed E-state index contributed by atoms with van der Waals surface area (Å²) in [4.78, 5) is 2.73. The lowest BCUT2D eigenvalue weighted by Crippen LogP contribution is -2.62. The lowest BCUT2D eigenvalue weighted by molar-refractivity contribution is -0.0314. The number of nitrogens with two attached hydrogens (primary N) is 1. The highest BCUT2D eigenvalue weighted by atomic mass is 15.2. The fraction of sp³-hybridized carbons (Fsp3) is 1.00. The van der Waals surface area contributed by atoms with E-state index in [9.17, 15) is 0 Å². The van der Waals surface area contributed by atoms with E-state index in [1.165, 1.54) is 57.8 Å². The zero-order valence-electron chi connectivity index (χ0n) is 13.3. The minimum Gasteiger partial charge on any atom is -0.329 e. The molecule has 2 fully saturated rings. The van der Waals surface area contributed by atoms with E-state index in [0.717, 1.165) is 24.4 Å². The van der Waals surface area contributed by atoms with Crippen molar-refractivity contribution >= 4 is 0 Å². The average molecular weight is 266 g/mol. The Morgan fingerprint density at radius 3 is 2.26 bits per heavy atom. The predicted octanol–water partition coefficient (Wildman–Crippen LogP) is 3.79. The second-order valence-electron chi connectivity index (χ2n) is 7.31. The van der Waals surface area contributed by atoms with Gasteiger partial charge in [-0.3, -0.25) is 4.90 Å². The molecule has 2 rings (SSSR count). The third-order valence-corrected chi connectivity index (χ3v) is 6.05. The topological polar surface area (TPSA) is 29.3 Å². The van der Waals surface area contributed by atoms with Crippen LogP contribution in [0, 0.1) is 11.8 Å². The summed E-state index contributed by atoms with van der Waals surface area (Å²) in [6.07, 6.45) is 12.5. The predicted molar refractivity (Wildman–Crippen MR) is 83.2 cm³/mol. The smallest absolute Gasteiger partial charge is 0.0362 e. The molecule has 0 saturated heterocycles. The Bertz CT molecular complexity index is 270. The zero-order valence-corrected chi connectivity index (χ0v) is 13.3. The van der Waals surface area contributed by atoms with Gasteiger partial charge in [0.2, 0.25) is 0 Å². The summed E-state index contributed by atoms with van der Waals surface area (Å²) >= 11 is 0. The van der Waals surface area contributed by atoms with Crippen molar-refractivity contribution in [2.75, 3.05) is 13.6 Å². The van der Waals surface area contributed by atoms with Crippen molar-refractivity contribution in [2.45, 2.75) is 83.2 Å². The molecule has 2 N–H and O–H groups in total. The summed E-state index contributed by atoms with van der Waals surface area (Å²) in [7, 11) is 2.38. The van der Waals surface area contributed by atoms with Gasteiger partial charge in [-0.1, -0.05) is 46.0 Å². The average Bonchev–Trinajstić information content (AvgIpc) is 2.47. The molecule has 2 heteroatoms. The molecule has 0 aromatic heterocycles. The molecule has 0 radical (unpaired) electrons. The lowest BCUT2D eigenvalue weighted by Gasteiger charge is -2.54. The zero-order chi connectivity index (χ0) is 13.9. The van der Waals surface area contributed by atoms with E-state index < -0.39 is 0 Å². The molecule has 112 valence electrons. The van der Waals surface area contributed by atoms with Crippen molar-refractivity contribution in [3.63, 3.8) is 0 Å². The van der Waals surface area contributed by atoms with Gasteiger partial charge in [0.15, 0.2) is 0 Å². The maximum Gasteiger partial charge on any atom is 0.0362 e. The van der Waals surface area contributed by atoms with E-state index in [1.807, 2.05) is 0 Å². The summed E-state index contributed by atoms with van der Waals surface area (Å²) in [5, 5.41) is 0. The number of nitrogens with zero attached hydrogens (tertiary/aromatic N) is 1. The van der Waals surface area contributed by atoms with Crippen molar-refractivity contribution in [3.05, 3.63) is 0 Å². The first-order chi connectivity index (χ1) is 9.12. The summed E-state index contributed by atoms with van der Waals surface area (Å²) in [6.45, 7) is 5.65. The van der Waals surface area contributed by atoms with Crippen molar-refractivity contribution in [1.82, 2.24) is 4.90 Å². The van der Waals surface area contributed by atoms with E-state index >= 15 is 0 Å². The molecule has 0 bridgehead atoms. The van der Waals surface area contributed by atoms with Crippen LogP contribution in [0.3, 0.4) is 0 Å². The fourth-order valence-corrected chi connectivity index (χ4v) is 4.87. The van der Waals surface area contributed by atoms with Crippen LogP contribution in [-0.4, -0.2) is 30.1 Å². The highest BCUT2D eigenvalue weighted by molar-refractivity contribution is 5.02. The van der Waals surface area contributed by atoms with Gasteiger partial charge in [-0.15, -0.1) is 0 Å². The highest BCUT2D eigenvalue weighted by Crippen LogP contribution is 2.43. The summed E-state index contributed by atoms with van der Waals surface area (Å²) in [6, 6.07) is 0.789. The maximum atomic E-state index is 6.33. The Morgan fingerprint density at radius 1 is 1.05 bits per heavy atom. The molecule has 2 saturated carbocycles. The van der Waals surface area contributed by atoms with Crippen LogP contribution in [0.5, 0.6) is 0 Å². The Morgan fingerprint density at radius 2 is 1.68 bits per heavy atom. The standard InChI is InChI=1S/C17H34N2/c1-14(2)16-11-7-8-12-17(16,13-18)19(3)15-9-5-4-6-10-15/h14-16H,4-13,18H2,1-3H3. The first kappa shape index (κ1) is 15.3.